The van der Waals surface area contributed by atoms with Crippen molar-refractivity contribution < 1.29 is 14.8 Å². The monoisotopic (exact) mass is 240 g/mol. The van der Waals surface area contributed by atoms with Gasteiger partial charge >= 0.3 is 17.1 Å². The van der Waals surface area contributed by atoms with Crippen LogP contribution >= 0.6 is 0 Å². The summed E-state index contributed by atoms with van der Waals surface area (Å²) >= 11 is 0. The van der Waals surface area contributed by atoms with Gasteiger partial charge in [-0.25, -0.2) is 0 Å². The van der Waals surface area contributed by atoms with E-state index in [9.17, 15) is 30.3 Å². The lowest BCUT2D eigenvalue weighted by molar-refractivity contribution is -0.441. The summed E-state index contributed by atoms with van der Waals surface area (Å²) in [4.78, 5) is 28.8. The highest BCUT2D eigenvalue weighted by Crippen LogP contribution is 2.39. The lowest BCUT2D eigenvalue weighted by Gasteiger charge is -2.02. The minimum atomic E-state index is -1.14. The molecule has 0 aliphatic heterocycles. The van der Waals surface area contributed by atoms with E-state index in [0.717, 1.165) is 0 Å². The zero-order chi connectivity index (χ0) is 13.3. The maximum atomic E-state index is 10.7. The number of nitro benzene ring substituents is 3. The molecule has 1 radical (unpaired) electrons. The number of hydrogen-bond donors (Lipinski definition) is 0. The first kappa shape index (κ1) is 12.5. The van der Waals surface area contributed by atoms with E-state index in [1.807, 2.05) is 0 Å². The van der Waals surface area contributed by atoms with Gasteiger partial charge in [0, 0.05) is 5.56 Å². The molecule has 0 saturated heterocycles. The third-order valence-corrected chi connectivity index (χ3v) is 2.22. The molecular weight excluding hydrogens is 234 g/mol. The zero-order valence-corrected chi connectivity index (χ0v) is 8.79. The lowest BCUT2D eigenvalue weighted by atomic mass is 10.1. The molecule has 1 rings (SSSR count). The topological polar surface area (TPSA) is 129 Å². The lowest BCUT2D eigenvalue weighted by Crippen LogP contribution is -2.04. The van der Waals surface area contributed by atoms with Crippen LogP contribution in [-0.2, 0) is 0 Å². The van der Waals surface area contributed by atoms with Crippen LogP contribution in [-0.4, -0.2) is 14.8 Å². The van der Waals surface area contributed by atoms with Crippen molar-refractivity contribution in [2.24, 2.45) is 0 Å². The molecule has 0 unspecified atom stereocenters. The van der Waals surface area contributed by atoms with Crippen molar-refractivity contribution in [3.63, 3.8) is 0 Å². The number of rotatable bonds is 3. The predicted octanol–water partition coefficient (Wildman–Crippen LogP) is 1.83. The Morgan fingerprint density at radius 2 is 1.35 bits per heavy atom. The SMILES string of the molecule is Cc1[c]c([N+](=O)[O-])c([N+](=O)[O-])c([N+](=O)[O-])c1C. The van der Waals surface area contributed by atoms with Gasteiger partial charge in [-0.15, -0.1) is 0 Å². The molecule has 0 atom stereocenters. The molecule has 0 spiro atoms. The van der Waals surface area contributed by atoms with Gasteiger partial charge in [-0.05, 0) is 19.4 Å². The number of benzene rings is 1. The molecule has 0 aromatic heterocycles. The van der Waals surface area contributed by atoms with E-state index >= 15 is 0 Å². The van der Waals surface area contributed by atoms with Gasteiger partial charge in [-0.1, -0.05) is 0 Å². The molecule has 9 nitrogen and oxygen atoms in total. The van der Waals surface area contributed by atoms with Crippen molar-refractivity contribution in [2.75, 3.05) is 0 Å². The van der Waals surface area contributed by atoms with E-state index in [0.29, 0.717) is 0 Å². The first-order valence-corrected chi connectivity index (χ1v) is 4.27. The molecular formula is C8H6N3O6. The largest absolute Gasteiger partial charge is 0.423 e. The first-order chi connectivity index (χ1) is 7.77. The Bertz CT molecular complexity index is 539. The second-order valence-corrected chi connectivity index (χ2v) is 3.19. The standard InChI is InChI=1S/C8H6N3O6/c1-4-3-6(9(12)13)8(11(16)17)7(5(4)2)10(14)15/h1-2H3. The molecule has 0 aliphatic rings. The third kappa shape index (κ3) is 2.02. The average molecular weight is 240 g/mol. The Morgan fingerprint density at radius 3 is 1.71 bits per heavy atom. The average Bonchev–Trinajstić information content (AvgIpc) is 2.19. The van der Waals surface area contributed by atoms with Crippen LogP contribution in [0.3, 0.4) is 0 Å². The van der Waals surface area contributed by atoms with Crippen LogP contribution in [0.5, 0.6) is 0 Å². The van der Waals surface area contributed by atoms with E-state index in [4.69, 9.17) is 0 Å². The highest BCUT2D eigenvalue weighted by Gasteiger charge is 2.38. The summed E-state index contributed by atoms with van der Waals surface area (Å²) in [6.45, 7) is 2.64. The Kier molecular flexibility index (Phi) is 3.03. The summed E-state index contributed by atoms with van der Waals surface area (Å²) in [5, 5.41) is 32.0. The van der Waals surface area contributed by atoms with Gasteiger partial charge in [0.2, 0.25) is 0 Å². The van der Waals surface area contributed by atoms with Crippen molar-refractivity contribution in [1.82, 2.24) is 0 Å². The summed E-state index contributed by atoms with van der Waals surface area (Å²) in [6, 6.07) is 2.18. The van der Waals surface area contributed by atoms with Gasteiger partial charge in [0.15, 0.2) is 0 Å². The molecule has 1 aromatic carbocycles. The second-order valence-electron chi connectivity index (χ2n) is 3.19. The van der Waals surface area contributed by atoms with Crippen molar-refractivity contribution in [2.45, 2.75) is 13.8 Å². The van der Waals surface area contributed by atoms with Crippen LogP contribution in [0, 0.1) is 50.3 Å². The number of nitro groups is 3. The summed E-state index contributed by atoms with van der Waals surface area (Å²) < 4.78 is 0. The molecule has 0 amide bonds. The van der Waals surface area contributed by atoms with Crippen LogP contribution in [0.4, 0.5) is 17.1 Å². The molecule has 1 aromatic rings. The van der Waals surface area contributed by atoms with E-state index < -0.39 is 31.8 Å². The molecule has 89 valence electrons. The first-order valence-electron chi connectivity index (χ1n) is 4.27. The van der Waals surface area contributed by atoms with Gasteiger partial charge in [-0.2, -0.15) is 0 Å². The van der Waals surface area contributed by atoms with Gasteiger partial charge < -0.3 is 0 Å². The smallest absolute Gasteiger partial charge is 0.258 e. The van der Waals surface area contributed by atoms with Crippen LogP contribution in [0.15, 0.2) is 0 Å². The fourth-order valence-electron chi connectivity index (χ4n) is 1.33. The van der Waals surface area contributed by atoms with Crippen molar-refractivity contribution >= 4 is 17.1 Å². The van der Waals surface area contributed by atoms with E-state index in [-0.39, 0.29) is 11.1 Å². The fourth-order valence-corrected chi connectivity index (χ4v) is 1.33. The number of aryl methyl sites for hydroxylation is 1. The Hall–Kier alpha value is -2.58. The fraction of sp³-hybridized carbons (Fsp3) is 0.250. The van der Waals surface area contributed by atoms with Gasteiger partial charge in [0.25, 0.3) is 0 Å². The maximum Gasteiger partial charge on any atom is 0.423 e. The Balaban J connectivity index is 3.83. The quantitative estimate of drug-likeness (QED) is 0.585. The molecule has 0 aliphatic carbocycles. The van der Waals surface area contributed by atoms with Crippen LogP contribution in [0.1, 0.15) is 11.1 Å². The number of nitrogens with zero attached hydrogens (tertiary/aromatic N) is 3. The van der Waals surface area contributed by atoms with Crippen LogP contribution in [0.25, 0.3) is 0 Å². The van der Waals surface area contributed by atoms with Crippen LogP contribution in [0.2, 0.25) is 0 Å². The van der Waals surface area contributed by atoms with Gasteiger partial charge in [-0.3, -0.25) is 30.3 Å². The molecule has 0 saturated carbocycles. The predicted molar refractivity (Wildman–Crippen MR) is 54.7 cm³/mol. The maximum absolute atomic E-state index is 10.7. The van der Waals surface area contributed by atoms with E-state index in [2.05, 4.69) is 6.07 Å². The highest BCUT2D eigenvalue weighted by atomic mass is 16.6. The summed E-state index contributed by atoms with van der Waals surface area (Å²) in [7, 11) is 0. The third-order valence-electron chi connectivity index (χ3n) is 2.22. The van der Waals surface area contributed by atoms with Gasteiger partial charge in [0.1, 0.15) is 0 Å². The van der Waals surface area contributed by atoms with Crippen molar-refractivity contribution in [3.05, 3.63) is 47.5 Å². The molecule has 0 fully saturated rings. The summed E-state index contributed by atoms with van der Waals surface area (Å²) in [6.07, 6.45) is 0. The second kappa shape index (κ2) is 4.12. The molecule has 0 N–H and O–H groups in total. The molecule has 17 heavy (non-hydrogen) atoms. The van der Waals surface area contributed by atoms with Gasteiger partial charge in [0.05, 0.1) is 20.8 Å². The molecule has 0 bridgehead atoms. The number of hydrogen-bond acceptors (Lipinski definition) is 6. The van der Waals surface area contributed by atoms with E-state index in [1.54, 1.807) is 0 Å². The van der Waals surface area contributed by atoms with Crippen molar-refractivity contribution in [3.8, 4) is 0 Å². The minimum Gasteiger partial charge on any atom is -0.258 e. The summed E-state index contributed by atoms with van der Waals surface area (Å²) in [5.74, 6) is 0. The van der Waals surface area contributed by atoms with E-state index in [1.165, 1.54) is 13.8 Å². The molecule has 9 heteroatoms. The minimum absolute atomic E-state index is 0.00713. The zero-order valence-electron chi connectivity index (χ0n) is 8.79. The Morgan fingerprint density at radius 1 is 0.882 bits per heavy atom. The summed E-state index contributed by atoms with van der Waals surface area (Å²) in [5.41, 5.74) is -2.87. The Labute approximate surface area is 94.1 Å². The highest BCUT2D eigenvalue weighted by molar-refractivity contribution is 5.70. The van der Waals surface area contributed by atoms with Crippen molar-refractivity contribution in [1.29, 1.82) is 0 Å². The van der Waals surface area contributed by atoms with Crippen LogP contribution < -0.4 is 0 Å². The normalized spacial score (nSPS) is 10.0. The molecule has 0 heterocycles.